The van der Waals surface area contributed by atoms with Crippen molar-refractivity contribution >= 4 is 29.3 Å². The molecule has 2 aromatic heterocycles. The third kappa shape index (κ3) is 4.53. The van der Waals surface area contributed by atoms with Crippen molar-refractivity contribution in [2.24, 2.45) is 7.05 Å². The molecule has 0 spiro atoms. The van der Waals surface area contributed by atoms with Crippen LogP contribution in [0, 0.1) is 5.82 Å². The molecule has 0 aliphatic heterocycles. The van der Waals surface area contributed by atoms with Crippen molar-refractivity contribution in [1.29, 1.82) is 0 Å². The molecule has 3 aromatic rings. The molecule has 11 heteroatoms. The summed E-state index contributed by atoms with van der Waals surface area (Å²) in [7, 11) is 1.77. The maximum atomic E-state index is 13.4. The number of amides is 2. The third-order valence-corrected chi connectivity index (χ3v) is 5.39. The van der Waals surface area contributed by atoms with Gasteiger partial charge in [0.05, 0.1) is 11.1 Å². The van der Waals surface area contributed by atoms with Gasteiger partial charge in [0, 0.05) is 18.9 Å². The Morgan fingerprint density at radius 3 is 3.00 bits per heavy atom. The fourth-order valence-corrected chi connectivity index (χ4v) is 3.91. The van der Waals surface area contributed by atoms with E-state index in [1.54, 1.807) is 11.6 Å². The van der Waals surface area contributed by atoms with Gasteiger partial charge >= 0.3 is 6.09 Å². The minimum atomic E-state index is -0.585. The number of ether oxygens (including phenoxy) is 1. The van der Waals surface area contributed by atoms with E-state index in [4.69, 9.17) is 16.3 Å². The molecule has 1 atom stereocenters. The van der Waals surface area contributed by atoms with Crippen LogP contribution in [0.3, 0.4) is 0 Å². The second kappa shape index (κ2) is 8.76. The van der Waals surface area contributed by atoms with Gasteiger partial charge in [-0.2, -0.15) is 5.10 Å². The highest BCUT2D eigenvalue weighted by atomic mass is 35.5. The number of fused-ring (bicyclic) bond motifs is 1. The summed E-state index contributed by atoms with van der Waals surface area (Å²) in [5.74, 6) is -0.516. The molecule has 0 fully saturated rings. The summed E-state index contributed by atoms with van der Waals surface area (Å²) >= 11 is 5.80. The number of carbonyl (C=O) groups excluding carboxylic acids is 2. The Bertz CT molecular complexity index is 1110. The van der Waals surface area contributed by atoms with Crippen LogP contribution < -0.4 is 10.6 Å². The van der Waals surface area contributed by atoms with Gasteiger partial charge in [0.15, 0.2) is 12.4 Å². The first-order valence-corrected chi connectivity index (χ1v) is 10.0. The van der Waals surface area contributed by atoms with Gasteiger partial charge in [-0.25, -0.2) is 14.2 Å². The number of aromatic nitrogens is 4. The molecule has 1 aliphatic carbocycles. The monoisotopic (exact) mass is 446 g/mol. The van der Waals surface area contributed by atoms with E-state index in [0.717, 1.165) is 24.0 Å². The summed E-state index contributed by atoms with van der Waals surface area (Å²) in [6, 6.07) is 3.72. The summed E-state index contributed by atoms with van der Waals surface area (Å²) < 4.78 is 20.3. The summed E-state index contributed by atoms with van der Waals surface area (Å²) in [5.41, 5.74) is 2.60. The number of alkyl carbamates (subject to hydrolysis) is 1. The van der Waals surface area contributed by atoms with E-state index in [1.165, 1.54) is 24.5 Å². The van der Waals surface area contributed by atoms with Crippen LogP contribution >= 0.6 is 11.6 Å². The van der Waals surface area contributed by atoms with E-state index in [1.807, 2.05) is 6.20 Å². The standard InChI is InChI=1S/C20H20ClFN6O3/c1-28-8-13-12(18(28)19(29)25-11-5-6-15(22)14(21)7-11)3-2-4-16(13)26-20(30)31-9-17-23-10-24-27-17/h5-8,10,16H,2-4,9H2,1H3,(H,25,29)(H,26,30)(H,23,24,27). The second-order valence-corrected chi connectivity index (χ2v) is 7.59. The van der Waals surface area contributed by atoms with Gasteiger partial charge in [0.25, 0.3) is 5.91 Å². The Balaban J connectivity index is 1.48. The van der Waals surface area contributed by atoms with Crippen molar-refractivity contribution in [2.45, 2.75) is 31.9 Å². The highest BCUT2D eigenvalue weighted by Gasteiger charge is 2.29. The zero-order chi connectivity index (χ0) is 22.0. The number of aryl methyl sites for hydroxylation is 1. The minimum Gasteiger partial charge on any atom is -0.441 e. The number of hydrogen-bond acceptors (Lipinski definition) is 5. The van der Waals surface area contributed by atoms with Gasteiger partial charge in [-0.3, -0.25) is 9.89 Å². The average Bonchev–Trinajstić information content (AvgIpc) is 3.37. The molecule has 0 radical (unpaired) electrons. The van der Waals surface area contributed by atoms with Crippen molar-refractivity contribution < 1.29 is 18.7 Å². The predicted octanol–water partition coefficient (Wildman–Crippen LogP) is 3.49. The molecule has 9 nitrogen and oxygen atoms in total. The van der Waals surface area contributed by atoms with E-state index < -0.39 is 11.9 Å². The van der Waals surface area contributed by atoms with Gasteiger partial charge in [-0.15, -0.1) is 0 Å². The number of carbonyl (C=O) groups is 2. The topological polar surface area (TPSA) is 114 Å². The molecule has 2 heterocycles. The molecule has 1 unspecified atom stereocenters. The van der Waals surface area contributed by atoms with Crippen LogP contribution in [0.25, 0.3) is 0 Å². The normalized spacial score (nSPS) is 15.3. The molecular weight excluding hydrogens is 427 g/mol. The first-order valence-electron chi connectivity index (χ1n) is 9.65. The first kappa shape index (κ1) is 20.9. The molecule has 0 bridgehead atoms. The van der Waals surface area contributed by atoms with Gasteiger partial charge < -0.3 is 19.9 Å². The van der Waals surface area contributed by atoms with Crippen LogP contribution in [0.5, 0.6) is 0 Å². The lowest BCUT2D eigenvalue weighted by atomic mass is 9.89. The van der Waals surface area contributed by atoms with E-state index in [-0.39, 0.29) is 23.6 Å². The second-order valence-electron chi connectivity index (χ2n) is 7.19. The van der Waals surface area contributed by atoms with Crippen molar-refractivity contribution in [1.82, 2.24) is 25.1 Å². The van der Waals surface area contributed by atoms with Gasteiger partial charge in [0.2, 0.25) is 0 Å². The Kier molecular flexibility index (Phi) is 5.90. The van der Waals surface area contributed by atoms with Gasteiger partial charge in [-0.05, 0) is 48.6 Å². The van der Waals surface area contributed by atoms with Crippen molar-refractivity contribution in [3.63, 3.8) is 0 Å². The van der Waals surface area contributed by atoms with Crippen LogP contribution in [-0.4, -0.2) is 31.7 Å². The van der Waals surface area contributed by atoms with Gasteiger partial charge in [0.1, 0.15) is 17.8 Å². The summed E-state index contributed by atoms with van der Waals surface area (Å²) in [5, 5.41) is 11.9. The van der Waals surface area contributed by atoms with Crippen LogP contribution in [-0.2, 0) is 24.8 Å². The molecule has 3 N–H and O–H groups in total. The first-order chi connectivity index (χ1) is 14.9. The van der Waals surface area contributed by atoms with E-state index in [9.17, 15) is 14.0 Å². The fourth-order valence-electron chi connectivity index (χ4n) is 3.73. The van der Waals surface area contributed by atoms with E-state index in [2.05, 4.69) is 25.8 Å². The number of aromatic amines is 1. The molecule has 162 valence electrons. The highest BCUT2D eigenvalue weighted by molar-refractivity contribution is 6.31. The van der Waals surface area contributed by atoms with Crippen molar-refractivity contribution in [2.75, 3.05) is 5.32 Å². The average molecular weight is 447 g/mol. The zero-order valence-corrected chi connectivity index (χ0v) is 17.4. The molecule has 0 saturated carbocycles. The summed E-state index contributed by atoms with van der Waals surface area (Å²) in [4.78, 5) is 29.0. The Morgan fingerprint density at radius 1 is 1.42 bits per heavy atom. The molecule has 1 aliphatic rings. The maximum Gasteiger partial charge on any atom is 0.408 e. The number of hydrogen-bond donors (Lipinski definition) is 3. The quantitative estimate of drug-likeness (QED) is 0.555. The highest BCUT2D eigenvalue weighted by Crippen LogP contribution is 2.33. The number of rotatable bonds is 5. The number of nitrogens with one attached hydrogen (secondary N) is 3. The predicted molar refractivity (Wildman–Crippen MR) is 110 cm³/mol. The molecule has 4 rings (SSSR count). The number of benzene rings is 1. The molecule has 2 amide bonds. The molecule has 31 heavy (non-hydrogen) atoms. The lowest BCUT2D eigenvalue weighted by Gasteiger charge is -2.23. The Labute approximate surface area is 182 Å². The lowest BCUT2D eigenvalue weighted by Crippen LogP contribution is -2.31. The molecular formula is C20H20ClFN6O3. The molecule has 0 saturated heterocycles. The van der Waals surface area contributed by atoms with Crippen molar-refractivity contribution in [3.05, 3.63) is 64.2 Å². The molecule has 1 aromatic carbocycles. The van der Waals surface area contributed by atoms with E-state index >= 15 is 0 Å². The summed E-state index contributed by atoms with van der Waals surface area (Å²) in [6.07, 6.45) is 4.88. The maximum absolute atomic E-state index is 13.4. The van der Waals surface area contributed by atoms with Crippen LogP contribution in [0.15, 0.2) is 30.7 Å². The van der Waals surface area contributed by atoms with Crippen LogP contribution in [0.1, 0.15) is 46.3 Å². The smallest absolute Gasteiger partial charge is 0.408 e. The minimum absolute atomic E-state index is 0.0441. The number of halogens is 2. The van der Waals surface area contributed by atoms with Crippen LogP contribution in [0.2, 0.25) is 5.02 Å². The number of H-pyrrole nitrogens is 1. The number of nitrogens with zero attached hydrogens (tertiary/aromatic N) is 3. The Hall–Kier alpha value is -3.40. The van der Waals surface area contributed by atoms with Crippen molar-refractivity contribution in [3.8, 4) is 0 Å². The van der Waals surface area contributed by atoms with Gasteiger partial charge in [-0.1, -0.05) is 11.6 Å². The fraction of sp³-hybridized carbons (Fsp3) is 0.300. The third-order valence-electron chi connectivity index (χ3n) is 5.10. The number of anilines is 1. The summed E-state index contributed by atoms with van der Waals surface area (Å²) in [6.45, 7) is -0.0441. The Morgan fingerprint density at radius 2 is 2.26 bits per heavy atom. The van der Waals surface area contributed by atoms with E-state index in [0.29, 0.717) is 23.6 Å². The SMILES string of the molecule is Cn1cc2c(c1C(=O)Nc1ccc(F)c(Cl)c1)CCCC2NC(=O)OCc1nc[nH]n1. The lowest BCUT2D eigenvalue weighted by molar-refractivity contribution is 0.101. The van der Waals surface area contributed by atoms with Crippen LogP contribution in [0.4, 0.5) is 14.9 Å². The zero-order valence-electron chi connectivity index (χ0n) is 16.6. The largest absolute Gasteiger partial charge is 0.441 e.